The Morgan fingerprint density at radius 3 is 3.14 bits per heavy atom. The molecule has 2 fully saturated rings. The van der Waals surface area contributed by atoms with Gasteiger partial charge in [0.25, 0.3) is 0 Å². The van der Waals surface area contributed by atoms with E-state index in [9.17, 15) is 9.59 Å². The van der Waals surface area contributed by atoms with E-state index in [1.165, 1.54) is 0 Å². The Hall–Kier alpha value is -1.10. The summed E-state index contributed by atoms with van der Waals surface area (Å²) >= 11 is 0. The third kappa shape index (κ3) is 1.59. The lowest BCUT2D eigenvalue weighted by atomic mass is 10.1. The van der Waals surface area contributed by atoms with E-state index >= 15 is 0 Å². The fourth-order valence-electron chi connectivity index (χ4n) is 2.39. The summed E-state index contributed by atoms with van der Waals surface area (Å²) in [5.74, 6) is -0.704. The van der Waals surface area contributed by atoms with Gasteiger partial charge in [-0.3, -0.25) is 9.59 Å². The van der Waals surface area contributed by atoms with E-state index in [1.54, 1.807) is 0 Å². The van der Waals surface area contributed by atoms with Gasteiger partial charge < -0.3 is 15.3 Å². The highest BCUT2D eigenvalue weighted by Gasteiger charge is 2.41. The molecule has 2 atom stereocenters. The smallest absolute Gasteiger partial charge is 0.317 e. The summed E-state index contributed by atoms with van der Waals surface area (Å²) in [4.78, 5) is 23.7. The molecule has 5 nitrogen and oxygen atoms in total. The van der Waals surface area contributed by atoms with Gasteiger partial charge in [0.1, 0.15) is 0 Å². The molecule has 5 heteroatoms. The first-order valence-electron chi connectivity index (χ1n) is 4.93. The fourth-order valence-corrected chi connectivity index (χ4v) is 2.39. The highest BCUT2D eigenvalue weighted by Crippen LogP contribution is 2.28. The summed E-state index contributed by atoms with van der Waals surface area (Å²) in [5.41, 5.74) is 0. The summed E-state index contributed by atoms with van der Waals surface area (Å²) in [6.45, 7) is 0.789. The molecule has 2 N–H and O–H groups in total. The first-order valence-corrected chi connectivity index (χ1v) is 4.93. The summed E-state index contributed by atoms with van der Waals surface area (Å²) in [7, 11) is 0. The van der Waals surface area contributed by atoms with Crippen LogP contribution in [0.4, 0.5) is 0 Å². The van der Waals surface area contributed by atoms with Crippen LogP contribution in [-0.2, 0) is 9.59 Å². The van der Waals surface area contributed by atoms with Crippen LogP contribution in [0, 0.1) is 0 Å². The van der Waals surface area contributed by atoms with Gasteiger partial charge in [-0.05, 0) is 12.8 Å². The van der Waals surface area contributed by atoms with E-state index < -0.39 is 5.97 Å². The predicted octanol–water partition coefficient (Wildman–Crippen LogP) is -0.576. The molecule has 0 aromatic heterocycles. The maximum Gasteiger partial charge on any atom is 0.317 e. The second kappa shape index (κ2) is 3.57. The number of fused-ring (bicyclic) bond motifs is 1. The Morgan fingerprint density at radius 2 is 2.43 bits per heavy atom. The number of carbonyl (C=O) groups is 2. The van der Waals surface area contributed by atoms with Crippen molar-refractivity contribution in [2.45, 2.75) is 31.3 Å². The van der Waals surface area contributed by atoms with E-state index in [1.807, 2.05) is 4.90 Å². The second-order valence-electron chi connectivity index (χ2n) is 3.88. The van der Waals surface area contributed by atoms with E-state index in [2.05, 4.69) is 5.32 Å². The molecule has 2 unspecified atom stereocenters. The monoisotopic (exact) mass is 198 g/mol. The van der Waals surface area contributed by atoms with E-state index in [-0.39, 0.29) is 24.5 Å². The molecule has 2 heterocycles. The number of hydrogen-bond donors (Lipinski definition) is 2. The average Bonchev–Trinajstić information content (AvgIpc) is 2.67. The topological polar surface area (TPSA) is 69.6 Å². The third-order valence-electron chi connectivity index (χ3n) is 2.99. The largest absolute Gasteiger partial charge is 0.480 e. The van der Waals surface area contributed by atoms with Gasteiger partial charge in [-0.2, -0.15) is 0 Å². The Morgan fingerprint density at radius 1 is 1.64 bits per heavy atom. The average molecular weight is 198 g/mol. The first kappa shape index (κ1) is 9.45. The zero-order chi connectivity index (χ0) is 10.1. The SMILES string of the molecule is O=C(O)CNC1CC(=O)N2CCCC12. The zero-order valence-corrected chi connectivity index (χ0v) is 7.90. The van der Waals surface area contributed by atoms with Crippen LogP contribution in [0.15, 0.2) is 0 Å². The molecular weight excluding hydrogens is 184 g/mol. The van der Waals surface area contributed by atoms with Crippen molar-refractivity contribution < 1.29 is 14.7 Å². The molecule has 0 bridgehead atoms. The number of carboxylic acids is 1. The molecular formula is C9H14N2O3. The van der Waals surface area contributed by atoms with Crippen molar-refractivity contribution in [2.75, 3.05) is 13.1 Å². The minimum atomic E-state index is -0.867. The molecule has 0 spiro atoms. The van der Waals surface area contributed by atoms with E-state index in [4.69, 9.17) is 5.11 Å². The van der Waals surface area contributed by atoms with Crippen LogP contribution in [0.2, 0.25) is 0 Å². The molecule has 0 aromatic carbocycles. The molecule has 2 aliphatic heterocycles. The normalized spacial score (nSPS) is 30.9. The minimum Gasteiger partial charge on any atom is -0.480 e. The number of hydrogen-bond acceptors (Lipinski definition) is 3. The van der Waals surface area contributed by atoms with Crippen LogP contribution in [0.25, 0.3) is 0 Å². The molecule has 2 saturated heterocycles. The molecule has 0 aromatic rings. The van der Waals surface area contributed by atoms with Crippen LogP contribution in [0.5, 0.6) is 0 Å². The van der Waals surface area contributed by atoms with Gasteiger partial charge in [-0.25, -0.2) is 0 Å². The lowest BCUT2D eigenvalue weighted by Crippen LogP contribution is -2.41. The van der Waals surface area contributed by atoms with Gasteiger partial charge in [0.05, 0.1) is 6.54 Å². The summed E-state index contributed by atoms with van der Waals surface area (Å²) in [6, 6.07) is 0.281. The second-order valence-corrected chi connectivity index (χ2v) is 3.88. The molecule has 0 saturated carbocycles. The number of carboxylic acid groups (broad SMARTS) is 1. The van der Waals surface area contributed by atoms with Gasteiger partial charge in [0.15, 0.2) is 0 Å². The van der Waals surface area contributed by atoms with Gasteiger partial charge in [-0.15, -0.1) is 0 Å². The molecule has 2 rings (SSSR count). The van der Waals surface area contributed by atoms with Crippen molar-refractivity contribution >= 4 is 11.9 Å². The van der Waals surface area contributed by atoms with Crippen molar-refractivity contribution in [2.24, 2.45) is 0 Å². The quantitative estimate of drug-likeness (QED) is 0.636. The number of nitrogens with one attached hydrogen (secondary N) is 1. The van der Waals surface area contributed by atoms with Gasteiger partial charge in [-0.1, -0.05) is 0 Å². The van der Waals surface area contributed by atoms with Crippen molar-refractivity contribution in [3.8, 4) is 0 Å². The number of amides is 1. The molecule has 0 aliphatic carbocycles. The van der Waals surface area contributed by atoms with Crippen molar-refractivity contribution in [3.05, 3.63) is 0 Å². The molecule has 1 amide bonds. The van der Waals surface area contributed by atoms with Gasteiger partial charge >= 0.3 is 5.97 Å². The number of rotatable bonds is 3. The van der Waals surface area contributed by atoms with Crippen molar-refractivity contribution in [3.63, 3.8) is 0 Å². The van der Waals surface area contributed by atoms with Gasteiger partial charge in [0, 0.05) is 25.0 Å². The maximum atomic E-state index is 11.4. The van der Waals surface area contributed by atoms with E-state index in [0.717, 1.165) is 19.4 Å². The lowest BCUT2D eigenvalue weighted by molar-refractivity contribution is -0.136. The van der Waals surface area contributed by atoms with Crippen LogP contribution >= 0.6 is 0 Å². The number of carbonyl (C=O) groups excluding carboxylic acids is 1. The molecule has 0 radical (unpaired) electrons. The van der Waals surface area contributed by atoms with Crippen LogP contribution in [0.1, 0.15) is 19.3 Å². The Balaban J connectivity index is 1.93. The predicted molar refractivity (Wildman–Crippen MR) is 48.8 cm³/mol. The van der Waals surface area contributed by atoms with Crippen LogP contribution in [0.3, 0.4) is 0 Å². The lowest BCUT2D eigenvalue weighted by Gasteiger charge is -2.20. The summed E-state index contributed by atoms with van der Waals surface area (Å²) < 4.78 is 0. The highest BCUT2D eigenvalue weighted by atomic mass is 16.4. The van der Waals surface area contributed by atoms with Gasteiger partial charge in [0.2, 0.25) is 5.91 Å². The van der Waals surface area contributed by atoms with E-state index in [0.29, 0.717) is 6.42 Å². The van der Waals surface area contributed by atoms with Crippen LogP contribution in [-0.4, -0.2) is 47.1 Å². The fraction of sp³-hybridized carbons (Fsp3) is 0.778. The molecule has 2 aliphatic rings. The summed E-state index contributed by atoms with van der Waals surface area (Å²) in [5, 5.41) is 11.4. The Bertz CT molecular complexity index is 267. The minimum absolute atomic E-state index is 0.0427. The third-order valence-corrected chi connectivity index (χ3v) is 2.99. The number of nitrogens with zero attached hydrogens (tertiary/aromatic N) is 1. The van der Waals surface area contributed by atoms with Crippen molar-refractivity contribution in [1.82, 2.24) is 10.2 Å². The molecule has 78 valence electrons. The Labute approximate surface area is 82.1 Å². The highest BCUT2D eigenvalue weighted by molar-refractivity contribution is 5.80. The number of aliphatic carboxylic acids is 1. The first-order chi connectivity index (χ1) is 6.68. The maximum absolute atomic E-state index is 11.4. The standard InChI is InChI=1S/C9H14N2O3/c12-8-4-6(10-5-9(13)14)7-2-1-3-11(7)8/h6-7,10H,1-5H2,(H,13,14). The van der Waals surface area contributed by atoms with Crippen molar-refractivity contribution in [1.29, 1.82) is 0 Å². The Kier molecular flexibility index (Phi) is 2.41. The zero-order valence-electron chi connectivity index (χ0n) is 7.90. The summed E-state index contributed by atoms with van der Waals surface area (Å²) in [6.07, 6.45) is 2.50. The molecule has 14 heavy (non-hydrogen) atoms. The van der Waals surface area contributed by atoms with Crippen LogP contribution < -0.4 is 5.32 Å².